The number of rotatable bonds is 5. The molecule has 1 amide bonds. The third-order valence-corrected chi connectivity index (χ3v) is 2.37. The zero-order valence-corrected chi connectivity index (χ0v) is 10.4. The molecule has 84 valence electrons. The Balaban J connectivity index is 2.36. The van der Waals surface area contributed by atoms with Crippen molar-refractivity contribution in [1.82, 2.24) is 10.3 Å². The van der Waals surface area contributed by atoms with Gasteiger partial charge in [-0.05, 0) is 28.7 Å². The molecule has 0 saturated heterocycles. The van der Waals surface area contributed by atoms with Crippen LogP contribution >= 0.6 is 22.6 Å². The molecule has 1 rings (SSSR count). The first-order valence-corrected chi connectivity index (χ1v) is 5.50. The van der Waals surface area contributed by atoms with Gasteiger partial charge in [0.25, 0.3) is 5.91 Å². The number of carbonyl (C=O) groups is 1. The van der Waals surface area contributed by atoms with Crippen molar-refractivity contribution in [3.05, 3.63) is 21.5 Å². The maximum absolute atomic E-state index is 11.5. The van der Waals surface area contributed by atoms with Gasteiger partial charge >= 0.3 is 0 Å². The molecule has 0 aliphatic carbocycles. The maximum atomic E-state index is 11.5. The minimum atomic E-state index is -0.673. The third-order valence-electron chi connectivity index (χ3n) is 1.75. The van der Waals surface area contributed by atoms with Crippen LogP contribution in [0.4, 0.5) is 0 Å². The zero-order chi connectivity index (χ0) is 11.3. The van der Waals surface area contributed by atoms with E-state index in [2.05, 4.69) is 32.9 Å². The second-order valence-corrected chi connectivity index (χ2v) is 4.30. The van der Waals surface area contributed by atoms with Gasteiger partial charge in [0.1, 0.15) is 5.69 Å². The first kappa shape index (κ1) is 12.5. The molecule has 0 aliphatic rings. The van der Waals surface area contributed by atoms with Crippen LogP contribution in [0.1, 0.15) is 10.5 Å². The Morgan fingerprint density at radius 2 is 2.53 bits per heavy atom. The summed E-state index contributed by atoms with van der Waals surface area (Å²) in [5.41, 5.74) is 0.490. The molecule has 15 heavy (non-hydrogen) atoms. The van der Waals surface area contributed by atoms with Crippen LogP contribution in [-0.4, -0.2) is 42.4 Å². The molecular formula is C9H13IN2O3. The normalized spacial score (nSPS) is 12.5. The van der Waals surface area contributed by atoms with E-state index in [1.807, 2.05) is 0 Å². The largest absolute Gasteiger partial charge is 0.389 e. The SMILES string of the molecule is COCC(O)CNC(=O)c1cc(I)c[nH]1. The van der Waals surface area contributed by atoms with Crippen LogP contribution in [0.15, 0.2) is 12.3 Å². The Kier molecular flexibility index (Phi) is 5.06. The number of halogens is 1. The summed E-state index contributed by atoms with van der Waals surface area (Å²) in [6.07, 6.45) is 1.06. The molecule has 5 nitrogen and oxygen atoms in total. The van der Waals surface area contributed by atoms with E-state index in [1.54, 1.807) is 12.3 Å². The average Bonchev–Trinajstić information content (AvgIpc) is 2.62. The standard InChI is InChI=1S/C9H13IN2O3/c1-15-5-7(13)4-12-9(14)8-2-6(10)3-11-8/h2-3,7,11,13H,4-5H2,1H3,(H,12,14). The lowest BCUT2D eigenvalue weighted by Gasteiger charge is -2.09. The molecule has 6 heteroatoms. The van der Waals surface area contributed by atoms with Gasteiger partial charge in [0.15, 0.2) is 0 Å². The lowest BCUT2D eigenvalue weighted by Crippen LogP contribution is -2.34. The smallest absolute Gasteiger partial charge is 0.267 e. The van der Waals surface area contributed by atoms with Gasteiger partial charge in [0.2, 0.25) is 0 Å². The molecular weight excluding hydrogens is 311 g/mol. The van der Waals surface area contributed by atoms with Crippen LogP contribution in [0, 0.1) is 3.57 Å². The van der Waals surface area contributed by atoms with Crippen LogP contribution in [0.2, 0.25) is 0 Å². The summed E-state index contributed by atoms with van der Waals surface area (Å²) in [7, 11) is 1.50. The minimum absolute atomic E-state index is 0.183. The van der Waals surface area contributed by atoms with Crippen LogP contribution in [-0.2, 0) is 4.74 Å². The fraction of sp³-hybridized carbons (Fsp3) is 0.444. The predicted molar refractivity (Wildman–Crippen MR) is 63.7 cm³/mol. The number of carbonyl (C=O) groups excluding carboxylic acids is 1. The molecule has 1 aromatic rings. The third kappa shape index (κ3) is 4.18. The monoisotopic (exact) mass is 324 g/mol. The highest BCUT2D eigenvalue weighted by Crippen LogP contribution is 2.05. The first-order chi connectivity index (χ1) is 7.13. The molecule has 0 aromatic carbocycles. The van der Waals surface area contributed by atoms with Gasteiger partial charge < -0.3 is 20.1 Å². The quantitative estimate of drug-likeness (QED) is 0.685. The number of hydrogen-bond acceptors (Lipinski definition) is 3. The topological polar surface area (TPSA) is 74.3 Å². The molecule has 0 saturated carbocycles. The Hall–Kier alpha value is -0.600. The summed E-state index contributed by atoms with van der Waals surface area (Å²) in [4.78, 5) is 14.3. The summed E-state index contributed by atoms with van der Waals surface area (Å²) in [6.45, 7) is 0.394. The van der Waals surface area contributed by atoms with Crippen molar-refractivity contribution in [2.75, 3.05) is 20.3 Å². The molecule has 3 N–H and O–H groups in total. The molecule has 0 fully saturated rings. The van der Waals surface area contributed by atoms with Crippen molar-refractivity contribution in [2.24, 2.45) is 0 Å². The van der Waals surface area contributed by atoms with E-state index in [4.69, 9.17) is 4.74 Å². The number of ether oxygens (including phenoxy) is 1. The summed E-state index contributed by atoms with van der Waals surface area (Å²) in [5.74, 6) is -0.229. The molecule has 0 radical (unpaired) electrons. The van der Waals surface area contributed by atoms with E-state index in [-0.39, 0.29) is 19.1 Å². The molecule has 1 aromatic heterocycles. The maximum Gasteiger partial charge on any atom is 0.267 e. The van der Waals surface area contributed by atoms with Gasteiger partial charge in [-0.25, -0.2) is 0 Å². The highest BCUT2D eigenvalue weighted by atomic mass is 127. The number of methoxy groups -OCH3 is 1. The number of aromatic nitrogens is 1. The number of aliphatic hydroxyl groups excluding tert-OH is 1. The van der Waals surface area contributed by atoms with E-state index >= 15 is 0 Å². The Labute approximate surface area is 101 Å². The Morgan fingerprint density at radius 3 is 3.07 bits per heavy atom. The van der Waals surface area contributed by atoms with Crippen molar-refractivity contribution in [1.29, 1.82) is 0 Å². The van der Waals surface area contributed by atoms with Crippen LogP contribution in [0.25, 0.3) is 0 Å². The van der Waals surface area contributed by atoms with E-state index in [0.29, 0.717) is 5.69 Å². The van der Waals surface area contributed by atoms with Crippen LogP contribution < -0.4 is 5.32 Å². The number of H-pyrrole nitrogens is 1. The van der Waals surface area contributed by atoms with Gasteiger partial charge in [-0.3, -0.25) is 4.79 Å². The summed E-state index contributed by atoms with van der Waals surface area (Å²) < 4.78 is 5.70. The van der Waals surface area contributed by atoms with Gasteiger partial charge in [-0.2, -0.15) is 0 Å². The van der Waals surface area contributed by atoms with Gasteiger partial charge in [0.05, 0.1) is 12.7 Å². The van der Waals surface area contributed by atoms with Crippen molar-refractivity contribution >= 4 is 28.5 Å². The lowest BCUT2D eigenvalue weighted by atomic mass is 10.3. The lowest BCUT2D eigenvalue weighted by molar-refractivity contribution is 0.0609. The van der Waals surface area contributed by atoms with Crippen molar-refractivity contribution in [2.45, 2.75) is 6.10 Å². The fourth-order valence-corrected chi connectivity index (χ4v) is 1.52. The number of aromatic amines is 1. The molecule has 0 spiro atoms. The molecule has 1 unspecified atom stereocenters. The second-order valence-electron chi connectivity index (χ2n) is 3.05. The van der Waals surface area contributed by atoms with Crippen LogP contribution in [0.3, 0.4) is 0 Å². The second kappa shape index (κ2) is 6.09. The first-order valence-electron chi connectivity index (χ1n) is 4.42. The average molecular weight is 324 g/mol. The summed E-state index contributed by atoms with van der Waals surface area (Å²) >= 11 is 2.11. The van der Waals surface area contributed by atoms with Crippen molar-refractivity contribution < 1.29 is 14.6 Å². The van der Waals surface area contributed by atoms with Crippen LogP contribution in [0.5, 0.6) is 0 Å². The molecule has 0 aliphatic heterocycles. The Bertz CT molecular complexity index is 327. The van der Waals surface area contributed by atoms with E-state index in [9.17, 15) is 9.90 Å². The zero-order valence-electron chi connectivity index (χ0n) is 8.29. The van der Waals surface area contributed by atoms with Gasteiger partial charge in [0, 0.05) is 23.4 Å². The van der Waals surface area contributed by atoms with Crippen molar-refractivity contribution in [3.63, 3.8) is 0 Å². The van der Waals surface area contributed by atoms with Gasteiger partial charge in [-0.15, -0.1) is 0 Å². The molecule has 0 bridgehead atoms. The number of hydrogen-bond donors (Lipinski definition) is 3. The fourth-order valence-electron chi connectivity index (χ4n) is 1.06. The van der Waals surface area contributed by atoms with E-state index < -0.39 is 6.10 Å². The summed E-state index contributed by atoms with van der Waals surface area (Å²) in [5, 5.41) is 11.9. The number of amides is 1. The Morgan fingerprint density at radius 1 is 1.80 bits per heavy atom. The van der Waals surface area contributed by atoms with E-state index in [1.165, 1.54) is 7.11 Å². The summed E-state index contributed by atoms with van der Waals surface area (Å²) in [6, 6.07) is 1.73. The predicted octanol–water partition coefficient (Wildman–Crippen LogP) is 0.356. The molecule has 1 atom stereocenters. The highest BCUT2D eigenvalue weighted by molar-refractivity contribution is 14.1. The highest BCUT2D eigenvalue weighted by Gasteiger charge is 2.09. The number of nitrogens with one attached hydrogen (secondary N) is 2. The van der Waals surface area contributed by atoms with Crippen molar-refractivity contribution in [3.8, 4) is 0 Å². The molecule has 1 heterocycles. The van der Waals surface area contributed by atoms with Gasteiger partial charge in [-0.1, -0.05) is 0 Å². The number of aliphatic hydroxyl groups is 1. The minimum Gasteiger partial charge on any atom is -0.389 e. The van der Waals surface area contributed by atoms with E-state index in [0.717, 1.165) is 3.57 Å².